The minimum atomic E-state index is -0.986. The van der Waals surface area contributed by atoms with E-state index in [-0.39, 0.29) is 24.9 Å². The Morgan fingerprint density at radius 3 is 2.56 bits per heavy atom. The van der Waals surface area contributed by atoms with E-state index in [2.05, 4.69) is 4.98 Å². The molecule has 2 aromatic carbocycles. The number of carbonyl (C=O) groups is 1. The lowest BCUT2D eigenvalue weighted by Gasteiger charge is -2.29. The summed E-state index contributed by atoms with van der Waals surface area (Å²) in [6.45, 7) is 3.44. The molecule has 1 aliphatic rings. The minimum absolute atomic E-state index is 0.0324. The molecule has 32 heavy (non-hydrogen) atoms. The molecule has 1 N–H and O–H groups in total. The summed E-state index contributed by atoms with van der Waals surface area (Å²) < 4.78 is 16.9. The first-order valence-electron chi connectivity index (χ1n) is 9.99. The number of methoxy groups -OCH3 is 1. The predicted molar refractivity (Wildman–Crippen MR) is 122 cm³/mol. The van der Waals surface area contributed by atoms with Crippen LogP contribution in [0.15, 0.2) is 54.7 Å². The Labute approximate surface area is 191 Å². The van der Waals surface area contributed by atoms with Crippen LogP contribution in [0.3, 0.4) is 0 Å². The van der Waals surface area contributed by atoms with Crippen LogP contribution in [0.5, 0.6) is 17.2 Å². The fourth-order valence-electron chi connectivity index (χ4n) is 3.23. The zero-order valence-electron chi connectivity index (χ0n) is 18.0. The Morgan fingerprint density at radius 2 is 1.88 bits per heavy atom. The summed E-state index contributed by atoms with van der Waals surface area (Å²) in [6, 6.07) is 14.3. The fourth-order valence-corrected chi connectivity index (χ4v) is 3.35. The SMILES string of the molecule is COc1cc(N2COc3cc(-c4ccc(Cl)cc4)cnc3C2=O)ccc1OCC(C)(C)O. The molecule has 0 radical (unpaired) electrons. The number of amides is 1. The molecule has 8 heteroatoms. The molecule has 7 nitrogen and oxygen atoms in total. The van der Waals surface area contributed by atoms with Gasteiger partial charge in [-0.3, -0.25) is 9.69 Å². The third-order valence-corrected chi connectivity index (χ3v) is 5.12. The molecule has 0 unspecified atom stereocenters. The molecular weight excluding hydrogens is 432 g/mol. The van der Waals surface area contributed by atoms with Gasteiger partial charge in [-0.15, -0.1) is 0 Å². The second-order valence-corrected chi connectivity index (χ2v) is 8.46. The molecule has 4 rings (SSSR count). The number of rotatable bonds is 6. The number of pyridine rings is 1. The first-order valence-corrected chi connectivity index (χ1v) is 10.4. The topological polar surface area (TPSA) is 81.1 Å². The van der Waals surface area contributed by atoms with Gasteiger partial charge in [-0.1, -0.05) is 23.7 Å². The van der Waals surface area contributed by atoms with E-state index in [1.807, 2.05) is 12.1 Å². The van der Waals surface area contributed by atoms with Crippen LogP contribution in [0.4, 0.5) is 5.69 Å². The highest BCUT2D eigenvalue weighted by Crippen LogP contribution is 2.36. The molecular formula is C24H23ClN2O5. The number of anilines is 1. The number of hydrogen-bond acceptors (Lipinski definition) is 6. The molecule has 0 bridgehead atoms. The Morgan fingerprint density at radius 1 is 1.12 bits per heavy atom. The summed E-state index contributed by atoms with van der Waals surface area (Å²) in [5.41, 5.74) is 1.58. The first kappa shape index (κ1) is 21.9. The molecule has 0 spiro atoms. The van der Waals surface area contributed by atoms with Gasteiger partial charge in [0, 0.05) is 22.8 Å². The lowest BCUT2D eigenvalue weighted by Crippen LogP contribution is -2.39. The maximum absolute atomic E-state index is 13.1. The van der Waals surface area contributed by atoms with Crippen LogP contribution in [0, 0.1) is 0 Å². The summed E-state index contributed by atoms with van der Waals surface area (Å²) >= 11 is 5.96. The summed E-state index contributed by atoms with van der Waals surface area (Å²) in [6.07, 6.45) is 1.64. The largest absolute Gasteiger partial charge is 0.493 e. The van der Waals surface area contributed by atoms with E-state index < -0.39 is 5.60 Å². The number of hydrogen-bond donors (Lipinski definition) is 1. The minimum Gasteiger partial charge on any atom is -0.493 e. The summed E-state index contributed by atoms with van der Waals surface area (Å²) in [7, 11) is 1.51. The number of aliphatic hydroxyl groups is 1. The van der Waals surface area contributed by atoms with Crippen molar-refractivity contribution < 1.29 is 24.1 Å². The second kappa shape index (κ2) is 8.68. The summed E-state index contributed by atoms with van der Waals surface area (Å²) in [5, 5.41) is 10.5. The smallest absolute Gasteiger partial charge is 0.283 e. The van der Waals surface area contributed by atoms with E-state index in [4.69, 9.17) is 25.8 Å². The van der Waals surface area contributed by atoms with Crippen molar-refractivity contribution in [3.05, 3.63) is 65.4 Å². The molecule has 0 atom stereocenters. The van der Waals surface area contributed by atoms with Gasteiger partial charge in [0.05, 0.1) is 18.4 Å². The third kappa shape index (κ3) is 4.64. The maximum atomic E-state index is 13.1. The van der Waals surface area contributed by atoms with Gasteiger partial charge in [-0.25, -0.2) is 4.98 Å². The third-order valence-electron chi connectivity index (χ3n) is 4.87. The van der Waals surface area contributed by atoms with Gasteiger partial charge >= 0.3 is 0 Å². The van der Waals surface area contributed by atoms with Gasteiger partial charge in [-0.05, 0) is 49.7 Å². The lowest BCUT2D eigenvalue weighted by molar-refractivity contribution is 0.0276. The van der Waals surface area contributed by atoms with Crippen molar-refractivity contribution in [3.63, 3.8) is 0 Å². The summed E-state index contributed by atoms with van der Waals surface area (Å²) in [5.74, 6) is 1.06. The van der Waals surface area contributed by atoms with Gasteiger partial charge in [0.15, 0.2) is 29.7 Å². The van der Waals surface area contributed by atoms with Crippen molar-refractivity contribution in [2.75, 3.05) is 25.3 Å². The molecule has 0 aliphatic carbocycles. The van der Waals surface area contributed by atoms with Crippen LogP contribution in [0.2, 0.25) is 5.02 Å². The molecule has 0 fully saturated rings. The van der Waals surface area contributed by atoms with Crippen molar-refractivity contribution in [1.29, 1.82) is 0 Å². The highest BCUT2D eigenvalue weighted by atomic mass is 35.5. The van der Waals surface area contributed by atoms with Crippen molar-refractivity contribution in [1.82, 2.24) is 4.98 Å². The van der Waals surface area contributed by atoms with E-state index in [1.165, 1.54) is 12.0 Å². The molecule has 2 heterocycles. The Bertz CT molecular complexity index is 1140. The Hall–Kier alpha value is -3.29. The van der Waals surface area contributed by atoms with Crippen molar-refractivity contribution in [2.45, 2.75) is 19.4 Å². The number of fused-ring (bicyclic) bond motifs is 1. The van der Waals surface area contributed by atoms with Gasteiger partial charge in [0.25, 0.3) is 5.91 Å². The zero-order chi connectivity index (χ0) is 22.9. The van der Waals surface area contributed by atoms with Gasteiger partial charge in [0.2, 0.25) is 0 Å². The Balaban J connectivity index is 1.57. The van der Waals surface area contributed by atoms with E-state index in [0.717, 1.165) is 11.1 Å². The normalized spacial score (nSPS) is 13.4. The van der Waals surface area contributed by atoms with Crippen molar-refractivity contribution in [3.8, 4) is 28.4 Å². The van der Waals surface area contributed by atoms with Crippen LogP contribution in [0.25, 0.3) is 11.1 Å². The average Bonchev–Trinajstić information content (AvgIpc) is 2.77. The van der Waals surface area contributed by atoms with E-state index >= 15 is 0 Å². The zero-order valence-corrected chi connectivity index (χ0v) is 18.7. The highest BCUT2D eigenvalue weighted by Gasteiger charge is 2.29. The van der Waals surface area contributed by atoms with Crippen LogP contribution in [-0.2, 0) is 0 Å². The van der Waals surface area contributed by atoms with E-state index in [1.54, 1.807) is 56.4 Å². The molecule has 166 valence electrons. The molecule has 1 aromatic heterocycles. The number of halogens is 1. The predicted octanol–water partition coefficient (Wildman–Crippen LogP) is 4.56. The second-order valence-electron chi connectivity index (χ2n) is 8.02. The maximum Gasteiger partial charge on any atom is 0.283 e. The standard InChI is InChI=1S/C24H23ClN2O5/c1-24(2,29)13-31-19-9-8-18(11-20(19)30-3)27-14-32-21-10-16(12-26-22(21)23(27)28)15-4-6-17(25)7-5-15/h4-12,29H,13-14H2,1-3H3. The number of ether oxygens (including phenoxy) is 3. The summed E-state index contributed by atoms with van der Waals surface area (Å²) in [4.78, 5) is 18.9. The van der Waals surface area contributed by atoms with E-state index in [9.17, 15) is 9.90 Å². The monoisotopic (exact) mass is 454 g/mol. The van der Waals surface area contributed by atoms with Crippen molar-refractivity contribution >= 4 is 23.2 Å². The van der Waals surface area contributed by atoms with E-state index in [0.29, 0.717) is 28.0 Å². The molecule has 3 aromatic rings. The van der Waals surface area contributed by atoms with Gasteiger partial charge in [-0.2, -0.15) is 0 Å². The quantitative estimate of drug-likeness (QED) is 0.588. The van der Waals surface area contributed by atoms with Crippen LogP contribution >= 0.6 is 11.6 Å². The van der Waals surface area contributed by atoms with Gasteiger partial charge in [0.1, 0.15) is 6.61 Å². The average molecular weight is 455 g/mol. The highest BCUT2D eigenvalue weighted by molar-refractivity contribution is 6.30. The first-order chi connectivity index (χ1) is 15.2. The van der Waals surface area contributed by atoms with Crippen LogP contribution in [-0.4, -0.2) is 42.0 Å². The molecule has 1 aliphatic heterocycles. The molecule has 0 saturated heterocycles. The van der Waals surface area contributed by atoms with Crippen LogP contribution < -0.4 is 19.1 Å². The number of carbonyl (C=O) groups excluding carboxylic acids is 1. The number of benzene rings is 2. The molecule has 0 saturated carbocycles. The lowest BCUT2D eigenvalue weighted by atomic mass is 10.1. The van der Waals surface area contributed by atoms with Crippen molar-refractivity contribution in [2.24, 2.45) is 0 Å². The number of aromatic nitrogens is 1. The van der Waals surface area contributed by atoms with Gasteiger partial charge < -0.3 is 19.3 Å². The van der Waals surface area contributed by atoms with Crippen LogP contribution in [0.1, 0.15) is 24.3 Å². The number of nitrogens with zero attached hydrogens (tertiary/aromatic N) is 2. The fraction of sp³-hybridized carbons (Fsp3) is 0.250. The molecule has 1 amide bonds. The Kier molecular flexibility index (Phi) is 5.95.